The normalized spacial score (nSPS) is 10.7. The molecule has 0 aliphatic heterocycles. The van der Waals surface area contributed by atoms with Crippen LogP contribution < -0.4 is 0 Å². The van der Waals surface area contributed by atoms with Gasteiger partial charge in [-0.05, 0) is 36.4 Å². The van der Waals surface area contributed by atoms with Crippen molar-refractivity contribution >= 4 is 0 Å². The van der Waals surface area contributed by atoms with Crippen molar-refractivity contribution in [1.82, 2.24) is 10.1 Å². The highest BCUT2D eigenvalue weighted by Crippen LogP contribution is 2.24. The molecule has 0 aliphatic rings. The largest absolute Gasteiger partial charge is 0.508 e. The van der Waals surface area contributed by atoms with E-state index < -0.39 is 11.6 Å². The smallest absolute Gasteiger partial charge is 0.258 e. The zero-order chi connectivity index (χ0) is 14.1. The SMILES string of the molecule is Oc1ccc(-c2nc(-c3cc(F)cc(F)c3)no2)cc1. The van der Waals surface area contributed by atoms with Crippen LogP contribution in [0.25, 0.3) is 22.8 Å². The fraction of sp³-hybridized carbons (Fsp3) is 0. The van der Waals surface area contributed by atoms with Crippen LogP contribution in [0.15, 0.2) is 47.0 Å². The molecular weight excluding hydrogens is 266 g/mol. The van der Waals surface area contributed by atoms with Crippen LogP contribution in [-0.2, 0) is 0 Å². The Hall–Kier alpha value is -2.76. The quantitative estimate of drug-likeness (QED) is 0.778. The lowest BCUT2D eigenvalue weighted by atomic mass is 10.2. The Kier molecular flexibility index (Phi) is 2.90. The van der Waals surface area contributed by atoms with Gasteiger partial charge in [-0.15, -0.1) is 0 Å². The maximum absolute atomic E-state index is 13.1. The van der Waals surface area contributed by atoms with Crippen molar-refractivity contribution in [3.63, 3.8) is 0 Å². The first-order valence-electron chi connectivity index (χ1n) is 5.71. The molecule has 20 heavy (non-hydrogen) atoms. The van der Waals surface area contributed by atoms with E-state index in [1.807, 2.05) is 0 Å². The minimum Gasteiger partial charge on any atom is -0.508 e. The Morgan fingerprint density at radius 3 is 2.20 bits per heavy atom. The molecule has 2 aromatic carbocycles. The van der Waals surface area contributed by atoms with Crippen molar-refractivity contribution < 1.29 is 18.4 Å². The van der Waals surface area contributed by atoms with Crippen molar-refractivity contribution in [3.8, 4) is 28.6 Å². The first kappa shape index (κ1) is 12.3. The second-order valence-corrected chi connectivity index (χ2v) is 4.13. The molecule has 0 spiro atoms. The van der Waals surface area contributed by atoms with E-state index in [-0.39, 0.29) is 23.0 Å². The number of phenolic OH excluding ortho intramolecular Hbond substituents is 1. The third kappa shape index (κ3) is 2.35. The number of nitrogens with zero attached hydrogens (tertiary/aromatic N) is 2. The molecule has 1 aromatic heterocycles. The molecule has 0 fully saturated rings. The van der Waals surface area contributed by atoms with Crippen molar-refractivity contribution in [2.24, 2.45) is 0 Å². The molecule has 0 atom stereocenters. The van der Waals surface area contributed by atoms with Gasteiger partial charge in [-0.25, -0.2) is 8.78 Å². The molecule has 0 bridgehead atoms. The van der Waals surface area contributed by atoms with E-state index in [2.05, 4.69) is 10.1 Å². The minimum absolute atomic E-state index is 0.0893. The Balaban J connectivity index is 1.99. The van der Waals surface area contributed by atoms with Gasteiger partial charge in [-0.1, -0.05) is 5.16 Å². The lowest BCUT2D eigenvalue weighted by Crippen LogP contribution is -1.86. The van der Waals surface area contributed by atoms with E-state index in [1.54, 1.807) is 12.1 Å². The molecular formula is C14H8F2N2O2. The number of hydrogen-bond donors (Lipinski definition) is 1. The average molecular weight is 274 g/mol. The van der Waals surface area contributed by atoms with Gasteiger partial charge in [0.2, 0.25) is 5.82 Å². The van der Waals surface area contributed by atoms with Gasteiger partial charge in [0.05, 0.1) is 0 Å². The van der Waals surface area contributed by atoms with Crippen LogP contribution in [-0.4, -0.2) is 15.2 Å². The number of aromatic nitrogens is 2. The maximum atomic E-state index is 13.1. The molecule has 1 heterocycles. The highest BCUT2D eigenvalue weighted by molar-refractivity contribution is 5.60. The van der Waals surface area contributed by atoms with Crippen LogP contribution in [0.4, 0.5) is 8.78 Å². The van der Waals surface area contributed by atoms with Crippen LogP contribution in [0.5, 0.6) is 5.75 Å². The van der Waals surface area contributed by atoms with E-state index in [4.69, 9.17) is 4.52 Å². The van der Waals surface area contributed by atoms with Gasteiger partial charge in [0.1, 0.15) is 17.4 Å². The predicted octanol–water partition coefficient (Wildman–Crippen LogP) is 3.39. The maximum Gasteiger partial charge on any atom is 0.258 e. The zero-order valence-electron chi connectivity index (χ0n) is 10.0. The molecule has 0 saturated carbocycles. The van der Waals surface area contributed by atoms with Gasteiger partial charge in [0, 0.05) is 17.2 Å². The van der Waals surface area contributed by atoms with Crippen molar-refractivity contribution in [3.05, 3.63) is 54.1 Å². The first-order chi connectivity index (χ1) is 9.61. The summed E-state index contributed by atoms with van der Waals surface area (Å²) >= 11 is 0. The number of benzene rings is 2. The highest BCUT2D eigenvalue weighted by Gasteiger charge is 2.12. The second kappa shape index (κ2) is 4.73. The van der Waals surface area contributed by atoms with Gasteiger partial charge in [-0.3, -0.25) is 0 Å². The number of rotatable bonds is 2. The Morgan fingerprint density at radius 2 is 1.55 bits per heavy atom. The third-order valence-corrected chi connectivity index (χ3v) is 2.66. The first-order valence-corrected chi connectivity index (χ1v) is 5.71. The fourth-order valence-corrected chi connectivity index (χ4v) is 1.74. The molecule has 0 unspecified atom stereocenters. The van der Waals surface area contributed by atoms with Crippen molar-refractivity contribution in [2.75, 3.05) is 0 Å². The molecule has 0 radical (unpaired) electrons. The summed E-state index contributed by atoms with van der Waals surface area (Å²) in [6.45, 7) is 0. The highest BCUT2D eigenvalue weighted by atomic mass is 19.1. The van der Waals surface area contributed by atoms with Gasteiger partial charge in [0.15, 0.2) is 0 Å². The fourth-order valence-electron chi connectivity index (χ4n) is 1.74. The third-order valence-electron chi connectivity index (χ3n) is 2.66. The summed E-state index contributed by atoms with van der Waals surface area (Å²) in [5, 5.41) is 12.9. The predicted molar refractivity (Wildman–Crippen MR) is 66.8 cm³/mol. The van der Waals surface area contributed by atoms with Gasteiger partial charge in [0.25, 0.3) is 5.89 Å². The van der Waals surface area contributed by atoms with E-state index in [0.717, 1.165) is 18.2 Å². The average Bonchev–Trinajstić information content (AvgIpc) is 2.88. The molecule has 1 N–H and O–H groups in total. The van der Waals surface area contributed by atoms with E-state index in [1.165, 1.54) is 12.1 Å². The summed E-state index contributed by atoms with van der Waals surface area (Å²) in [7, 11) is 0. The van der Waals surface area contributed by atoms with Gasteiger partial charge >= 0.3 is 0 Å². The molecule has 0 saturated heterocycles. The molecule has 0 amide bonds. The van der Waals surface area contributed by atoms with Crippen LogP contribution in [0.2, 0.25) is 0 Å². The van der Waals surface area contributed by atoms with E-state index >= 15 is 0 Å². The monoisotopic (exact) mass is 274 g/mol. The van der Waals surface area contributed by atoms with Crippen LogP contribution >= 0.6 is 0 Å². The summed E-state index contributed by atoms with van der Waals surface area (Å²) in [4.78, 5) is 4.07. The molecule has 3 aromatic rings. The lowest BCUT2D eigenvalue weighted by molar-refractivity contribution is 0.432. The van der Waals surface area contributed by atoms with E-state index in [0.29, 0.717) is 5.56 Å². The molecule has 0 aliphatic carbocycles. The Bertz CT molecular complexity index is 734. The van der Waals surface area contributed by atoms with E-state index in [9.17, 15) is 13.9 Å². The molecule has 3 rings (SSSR count). The summed E-state index contributed by atoms with van der Waals surface area (Å²) in [5.41, 5.74) is 0.787. The summed E-state index contributed by atoms with van der Waals surface area (Å²) in [6, 6.07) is 9.15. The second-order valence-electron chi connectivity index (χ2n) is 4.13. The summed E-state index contributed by atoms with van der Waals surface area (Å²) in [5.74, 6) is -1.02. The minimum atomic E-state index is -0.712. The van der Waals surface area contributed by atoms with Crippen molar-refractivity contribution in [2.45, 2.75) is 0 Å². The van der Waals surface area contributed by atoms with Crippen LogP contribution in [0.1, 0.15) is 0 Å². The van der Waals surface area contributed by atoms with Crippen LogP contribution in [0.3, 0.4) is 0 Å². The number of aromatic hydroxyl groups is 1. The molecule has 4 nitrogen and oxygen atoms in total. The Labute approximate surface area is 112 Å². The topological polar surface area (TPSA) is 59.2 Å². The standard InChI is InChI=1S/C14H8F2N2O2/c15-10-5-9(6-11(16)7-10)13-17-14(20-18-13)8-1-3-12(19)4-2-8/h1-7,19H. The van der Waals surface area contributed by atoms with Gasteiger partial charge < -0.3 is 9.63 Å². The zero-order valence-corrected chi connectivity index (χ0v) is 10.0. The summed E-state index contributed by atoms with van der Waals surface area (Å²) < 4.78 is 31.3. The van der Waals surface area contributed by atoms with Crippen LogP contribution in [0, 0.1) is 11.6 Å². The van der Waals surface area contributed by atoms with Crippen molar-refractivity contribution in [1.29, 1.82) is 0 Å². The number of phenols is 1. The lowest BCUT2D eigenvalue weighted by Gasteiger charge is -1.95. The number of hydrogen-bond acceptors (Lipinski definition) is 4. The molecule has 100 valence electrons. The Morgan fingerprint density at radius 1 is 0.900 bits per heavy atom. The number of halogens is 2. The van der Waals surface area contributed by atoms with Gasteiger partial charge in [-0.2, -0.15) is 4.98 Å². The molecule has 6 heteroatoms. The summed E-state index contributed by atoms with van der Waals surface area (Å²) in [6.07, 6.45) is 0.